The standard InChI is InChI=1S/C16H23FN2O2/c1-16(2,13-4-3-5-14(17)8-13)11-18-15(21)19-7-6-12(9-19)10-20/h3-5,8,12,20H,6-7,9-11H2,1-2H3,(H,18,21). The number of amides is 2. The molecule has 1 aromatic carbocycles. The molecule has 1 atom stereocenters. The molecule has 1 unspecified atom stereocenters. The number of halogens is 1. The van der Waals surface area contributed by atoms with Crippen LogP contribution in [-0.2, 0) is 5.41 Å². The SMILES string of the molecule is CC(C)(CNC(=O)N1CCC(CO)C1)c1cccc(F)c1. The molecular weight excluding hydrogens is 271 g/mol. The maximum Gasteiger partial charge on any atom is 0.317 e. The average Bonchev–Trinajstić information content (AvgIpc) is 2.94. The van der Waals surface area contributed by atoms with Crippen LogP contribution in [0.5, 0.6) is 0 Å². The highest BCUT2D eigenvalue weighted by Gasteiger charge is 2.27. The van der Waals surface area contributed by atoms with Gasteiger partial charge >= 0.3 is 6.03 Å². The molecule has 0 radical (unpaired) electrons. The molecule has 21 heavy (non-hydrogen) atoms. The number of hydrogen-bond acceptors (Lipinski definition) is 2. The second-order valence-corrected chi connectivity index (χ2v) is 6.34. The monoisotopic (exact) mass is 294 g/mol. The molecule has 0 saturated carbocycles. The van der Waals surface area contributed by atoms with Gasteiger partial charge in [-0.25, -0.2) is 9.18 Å². The van der Waals surface area contributed by atoms with Crippen LogP contribution in [0.2, 0.25) is 0 Å². The second kappa shape index (κ2) is 6.43. The summed E-state index contributed by atoms with van der Waals surface area (Å²) >= 11 is 0. The van der Waals surface area contributed by atoms with E-state index >= 15 is 0 Å². The number of carbonyl (C=O) groups excluding carboxylic acids is 1. The van der Waals surface area contributed by atoms with Crippen LogP contribution in [0, 0.1) is 11.7 Å². The zero-order chi connectivity index (χ0) is 15.5. The minimum absolute atomic E-state index is 0.115. The number of urea groups is 1. The minimum Gasteiger partial charge on any atom is -0.396 e. The van der Waals surface area contributed by atoms with Crippen molar-refractivity contribution in [2.75, 3.05) is 26.2 Å². The normalized spacial score (nSPS) is 18.9. The number of nitrogens with one attached hydrogen (secondary N) is 1. The van der Waals surface area contributed by atoms with Crippen LogP contribution in [0.15, 0.2) is 24.3 Å². The number of hydrogen-bond donors (Lipinski definition) is 2. The molecule has 5 heteroatoms. The van der Waals surface area contributed by atoms with E-state index < -0.39 is 0 Å². The fourth-order valence-corrected chi connectivity index (χ4v) is 2.59. The molecule has 1 aliphatic rings. The first-order valence-electron chi connectivity index (χ1n) is 7.32. The Morgan fingerprint density at radius 1 is 1.52 bits per heavy atom. The molecule has 116 valence electrons. The quantitative estimate of drug-likeness (QED) is 0.894. The van der Waals surface area contributed by atoms with E-state index in [1.807, 2.05) is 19.9 Å². The van der Waals surface area contributed by atoms with Gasteiger partial charge < -0.3 is 15.3 Å². The van der Waals surface area contributed by atoms with Gasteiger partial charge in [0.25, 0.3) is 0 Å². The highest BCUT2D eigenvalue weighted by atomic mass is 19.1. The highest BCUT2D eigenvalue weighted by Crippen LogP contribution is 2.23. The molecular formula is C16H23FN2O2. The molecule has 0 spiro atoms. The third kappa shape index (κ3) is 3.94. The number of rotatable bonds is 4. The zero-order valence-corrected chi connectivity index (χ0v) is 12.6. The van der Waals surface area contributed by atoms with Crippen molar-refractivity contribution in [3.05, 3.63) is 35.6 Å². The smallest absolute Gasteiger partial charge is 0.317 e. The van der Waals surface area contributed by atoms with E-state index in [1.54, 1.807) is 11.0 Å². The first-order chi connectivity index (χ1) is 9.92. The summed E-state index contributed by atoms with van der Waals surface area (Å²) in [5.41, 5.74) is 0.519. The maximum absolute atomic E-state index is 13.3. The van der Waals surface area contributed by atoms with Gasteiger partial charge in [-0.15, -0.1) is 0 Å². The lowest BCUT2D eigenvalue weighted by atomic mass is 9.84. The summed E-state index contributed by atoms with van der Waals surface area (Å²) in [5.74, 6) is -0.0794. The fourth-order valence-electron chi connectivity index (χ4n) is 2.59. The Hall–Kier alpha value is -1.62. The summed E-state index contributed by atoms with van der Waals surface area (Å²) in [5, 5.41) is 12.0. The van der Waals surface area contributed by atoms with E-state index in [-0.39, 0.29) is 29.8 Å². The summed E-state index contributed by atoms with van der Waals surface area (Å²) in [6, 6.07) is 6.35. The molecule has 2 rings (SSSR count). The van der Waals surface area contributed by atoms with E-state index in [2.05, 4.69) is 5.32 Å². The predicted octanol–water partition coefficient (Wildman–Crippen LogP) is 2.13. The van der Waals surface area contributed by atoms with Crippen molar-refractivity contribution in [1.82, 2.24) is 10.2 Å². The highest BCUT2D eigenvalue weighted by molar-refractivity contribution is 5.74. The summed E-state index contributed by atoms with van der Waals surface area (Å²) in [6.45, 7) is 5.79. The minimum atomic E-state index is -0.339. The van der Waals surface area contributed by atoms with Crippen molar-refractivity contribution < 1.29 is 14.3 Å². The second-order valence-electron chi connectivity index (χ2n) is 6.34. The average molecular weight is 294 g/mol. The molecule has 0 aromatic heterocycles. The van der Waals surface area contributed by atoms with Gasteiger partial charge in [0.05, 0.1) is 0 Å². The van der Waals surface area contributed by atoms with Crippen molar-refractivity contribution in [3.8, 4) is 0 Å². The van der Waals surface area contributed by atoms with Gasteiger partial charge in [0.1, 0.15) is 5.82 Å². The van der Waals surface area contributed by atoms with Crippen LogP contribution >= 0.6 is 0 Å². The van der Waals surface area contributed by atoms with Gasteiger partial charge in [-0.05, 0) is 24.1 Å². The molecule has 1 saturated heterocycles. The Kier molecular flexibility index (Phi) is 4.83. The first-order valence-corrected chi connectivity index (χ1v) is 7.32. The maximum atomic E-state index is 13.3. The molecule has 1 aromatic rings. The lowest BCUT2D eigenvalue weighted by Gasteiger charge is -2.27. The lowest BCUT2D eigenvalue weighted by molar-refractivity contribution is 0.196. The molecule has 0 bridgehead atoms. The Bertz CT molecular complexity index is 505. The fraction of sp³-hybridized carbons (Fsp3) is 0.562. The van der Waals surface area contributed by atoms with Crippen molar-refractivity contribution in [3.63, 3.8) is 0 Å². The van der Waals surface area contributed by atoms with E-state index in [0.29, 0.717) is 19.6 Å². The van der Waals surface area contributed by atoms with Crippen LogP contribution < -0.4 is 5.32 Å². The van der Waals surface area contributed by atoms with Crippen LogP contribution in [0.3, 0.4) is 0 Å². The molecule has 4 nitrogen and oxygen atoms in total. The Balaban J connectivity index is 1.91. The van der Waals surface area contributed by atoms with Crippen molar-refractivity contribution in [2.45, 2.75) is 25.7 Å². The van der Waals surface area contributed by atoms with Crippen LogP contribution in [0.4, 0.5) is 9.18 Å². The van der Waals surface area contributed by atoms with Gasteiger partial charge in [-0.3, -0.25) is 0 Å². The van der Waals surface area contributed by atoms with Crippen molar-refractivity contribution in [1.29, 1.82) is 0 Å². The molecule has 2 N–H and O–H groups in total. The van der Waals surface area contributed by atoms with E-state index in [4.69, 9.17) is 5.11 Å². The Labute approximate surface area is 125 Å². The predicted molar refractivity (Wildman–Crippen MR) is 79.6 cm³/mol. The summed E-state index contributed by atoms with van der Waals surface area (Å²) < 4.78 is 13.3. The number of carbonyl (C=O) groups is 1. The summed E-state index contributed by atoms with van der Waals surface area (Å²) in [6.07, 6.45) is 0.844. The van der Waals surface area contributed by atoms with Crippen LogP contribution in [-0.4, -0.2) is 42.3 Å². The van der Waals surface area contributed by atoms with Gasteiger partial charge in [-0.2, -0.15) is 0 Å². The van der Waals surface area contributed by atoms with Gasteiger partial charge in [0, 0.05) is 37.6 Å². The van der Waals surface area contributed by atoms with Crippen molar-refractivity contribution >= 4 is 6.03 Å². The Morgan fingerprint density at radius 2 is 2.29 bits per heavy atom. The van der Waals surface area contributed by atoms with E-state index in [9.17, 15) is 9.18 Å². The zero-order valence-electron chi connectivity index (χ0n) is 12.6. The third-order valence-corrected chi connectivity index (χ3v) is 4.12. The third-order valence-electron chi connectivity index (χ3n) is 4.12. The first kappa shape index (κ1) is 15.8. The number of nitrogens with zero attached hydrogens (tertiary/aromatic N) is 1. The topological polar surface area (TPSA) is 52.6 Å². The van der Waals surface area contributed by atoms with Gasteiger partial charge in [0.2, 0.25) is 0 Å². The van der Waals surface area contributed by atoms with Gasteiger partial charge in [0.15, 0.2) is 0 Å². The molecule has 1 fully saturated rings. The largest absolute Gasteiger partial charge is 0.396 e. The van der Waals surface area contributed by atoms with E-state index in [1.165, 1.54) is 12.1 Å². The number of benzene rings is 1. The molecule has 1 aliphatic heterocycles. The van der Waals surface area contributed by atoms with Crippen molar-refractivity contribution in [2.24, 2.45) is 5.92 Å². The molecule has 1 heterocycles. The molecule has 0 aliphatic carbocycles. The molecule has 2 amide bonds. The van der Waals surface area contributed by atoms with Crippen LogP contribution in [0.1, 0.15) is 25.8 Å². The van der Waals surface area contributed by atoms with Gasteiger partial charge in [-0.1, -0.05) is 26.0 Å². The summed E-state index contributed by atoms with van der Waals surface area (Å²) in [4.78, 5) is 13.8. The number of aliphatic hydroxyl groups is 1. The number of aliphatic hydroxyl groups excluding tert-OH is 1. The van der Waals surface area contributed by atoms with Crippen LogP contribution in [0.25, 0.3) is 0 Å². The Morgan fingerprint density at radius 3 is 2.90 bits per heavy atom. The lowest BCUT2D eigenvalue weighted by Crippen LogP contribution is -2.44. The number of likely N-dealkylation sites (tertiary alicyclic amines) is 1. The van der Waals surface area contributed by atoms with E-state index in [0.717, 1.165) is 12.0 Å². The summed E-state index contributed by atoms with van der Waals surface area (Å²) in [7, 11) is 0.